The minimum absolute atomic E-state index is 0.150. The zero-order valence-corrected chi connectivity index (χ0v) is 12.2. The van der Waals surface area contributed by atoms with Crippen molar-refractivity contribution in [1.82, 2.24) is 0 Å². The zero-order chi connectivity index (χ0) is 17.0. The average molecular weight is 315 g/mol. The molecule has 0 atom stereocenters. The molecule has 5 heteroatoms. The van der Waals surface area contributed by atoms with Gasteiger partial charge < -0.3 is 0 Å². The third-order valence-electron chi connectivity index (χ3n) is 3.17. The summed E-state index contributed by atoms with van der Waals surface area (Å²) < 4.78 is 38.1. The van der Waals surface area contributed by atoms with Gasteiger partial charge in [-0.1, -0.05) is 35.9 Å². The molecule has 0 bridgehead atoms. The first-order valence-electron chi connectivity index (χ1n) is 6.71. The van der Waals surface area contributed by atoms with E-state index in [4.69, 9.17) is 5.26 Å². The number of aryl methyl sites for hydroxylation is 1. The maximum absolute atomic E-state index is 12.7. The van der Waals surface area contributed by atoms with Crippen molar-refractivity contribution in [2.75, 3.05) is 0 Å². The molecule has 0 spiro atoms. The lowest BCUT2D eigenvalue weighted by atomic mass is 10.00. The Morgan fingerprint density at radius 1 is 1.13 bits per heavy atom. The van der Waals surface area contributed by atoms with Crippen LogP contribution in [0.25, 0.3) is 6.08 Å². The first-order chi connectivity index (χ1) is 10.8. The van der Waals surface area contributed by atoms with Gasteiger partial charge in [-0.3, -0.25) is 4.79 Å². The molecular formula is C18H12F3NO. The smallest absolute Gasteiger partial charge is 0.288 e. The number of benzene rings is 2. The van der Waals surface area contributed by atoms with Gasteiger partial charge >= 0.3 is 6.18 Å². The normalized spacial score (nSPS) is 11.9. The molecule has 0 N–H and O–H groups in total. The van der Waals surface area contributed by atoms with Crippen molar-refractivity contribution in [3.8, 4) is 6.07 Å². The minimum atomic E-state index is -4.47. The predicted molar refractivity (Wildman–Crippen MR) is 80.5 cm³/mol. The standard InChI is InChI=1S/C18H12F3NO/c1-12-4-2-6-14(8-12)17(23)15(11-22)9-13-5-3-7-16(10-13)18(19,20)21/h2-10H,1H3/b15-9+. The largest absolute Gasteiger partial charge is 0.416 e. The number of rotatable bonds is 3. The fraction of sp³-hybridized carbons (Fsp3) is 0.111. The average Bonchev–Trinajstić information content (AvgIpc) is 2.51. The van der Waals surface area contributed by atoms with Crippen LogP contribution in [0.15, 0.2) is 54.1 Å². The van der Waals surface area contributed by atoms with E-state index in [1.807, 2.05) is 0 Å². The summed E-state index contributed by atoms with van der Waals surface area (Å²) in [6, 6.07) is 12.9. The number of Topliss-reactive ketones (excluding diaryl/α,β-unsaturated/α-hetero) is 1. The van der Waals surface area contributed by atoms with Crippen LogP contribution in [0.1, 0.15) is 27.0 Å². The molecule has 0 aliphatic heterocycles. The maximum atomic E-state index is 12.7. The van der Waals surface area contributed by atoms with Gasteiger partial charge in [0.15, 0.2) is 0 Å². The Bertz CT molecular complexity index is 814. The van der Waals surface area contributed by atoms with Gasteiger partial charge in [0, 0.05) is 5.56 Å². The van der Waals surface area contributed by atoms with Crippen molar-refractivity contribution in [2.45, 2.75) is 13.1 Å². The molecule has 0 saturated carbocycles. The molecule has 0 amide bonds. The van der Waals surface area contributed by atoms with Crippen LogP contribution in [0.5, 0.6) is 0 Å². The van der Waals surface area contributed by atoms with E-state index >= 15 is 0 Å². The first kappa shape index (κ1) is 16.5. The Balaban J connectivity index is 2.40. The van der Waals surface area contributed by atoms with Crippen LogP contribution in [0, 0.1) is 18.3 Å². The molecular weight excluding hydrogens is 303 g/mol. The van der Waals surface area contributed by atoms with Crippen LogP contribution in [0.3, 0.4) is 0 Å². The van der Waals surface area contributed by atoms with Gasteiger partial charge in [-0.2, -0.15) is 18.4 Å². The number of halogens is 3. The lowest BCUT2D eigenvalue weighted by Crippen LogP contribution is -2.05. The van der Waals surface area contributed by atoms with Crippen LogP contribution >= 0.6 is 0 Å². The second kappa shape index (κ2) is 6.49. The lowest BCUT2D eigenvalue weighted by molar-refractivity contribution is -0.137. The van der Waals surface area contributed by atoms with Gasteiger partial charge in [-0.25, -0.2) is 0 Å². The Labute approximate surface area is 131 Å². The molecule has 0 radical (unpaired) electrons. The van der Waals surface area contributed by atoms with Crippen molar-refractivity contribution in [2.24, 2.45) is 0 Å². The number of nitriles is 1. The van der Waals surface area contributed by atoms with Gasteiger partial charge in [-0.15, -0.1) is 0 Å². The summed E-state index contributed by atoms with van der Waals surface area (Å²) in [6.45, 7) is 1.80. The second-order valence-corrected chi connectivity index (χ2v) is 4.99. The van der Waals surface area contributed by atoms with Crippen LogP contribution in [0.2, 0.25) is 0 Å². The van der Waals surface area contributed by atoms with Gasteiger partial charge in [0.25, 0.3) is 0 Å². The van der Waals surface area contributed by atoms with E-state index < -0.39 is 17.5 Å². The van der Waals surface area contributed by atoms with Crippen molar-refractivity contribution in [3.63, 3.8) is 0 Å². The zero-order valence-electron chi connectivity index (χ0n) is 12.2. The highest BCUT2D eigenvalue weighted by atomic mass is 19.4. The van der Waals surface area contributed by atoms with Gasteiger partial charge in [0.2, 0.25) is 5.78 Å². The maximum Gasteiger partial charge on any atom is 0.416 e. The topological polar surface area (TPSA) is 40.9 Å². The van der Waals surface area contributed by atoms with Crippen LogP contribution in [-0.4, -0.2) is 5.78 Å². The van der Waals surface area contributed by atoms with Crippen molar-refractivity contribution >= 4 is 11.9 Å². The first-order valence-corrected chi connectivity index (χ1v) is 6.71. The molecule has 23 heavy (non-hydrogen) atoms. The molecule has 0 aromatic heterocycles. The van der Waals surface area contributed by atoms with Crippen LogP contribution < -0.4 is 0 Å². The molecule has 0 fully saturated rings. The van der Waals surface area contributed by atoms with E-state index in [9.17, 15) is 18.0 Å². The Morgan fingerprint density at radius 2 is 1.83 bits per heavy atom. The third-order valence-corrected chi connectivity index (χ3v) is 3.17. The van der Waals surface area contributed by atoms with E-state index in [1.54, 1.807) is 37.3 Å². The van der Waals surface area contributed by atoms with E-state index in [2.05, 4.69) is 0 Å². The van der Waals surface area contributed by atoms with E-state index in [-0.39, 0.29) is 11.1 Å². The van der Waals surface area contributed by atoms with Gasteiger partial charge in [0.1, 0.15) is 11.6 Å². The quantitative estimate of drug-likeness (QED) is 0.463. The molecule has 0 aliphatic rings. The third kappa shape index (κ3) is 4.07. The second-order valence-electron chi connectivity index (χ2n) is 4.99. The van der Waals surface area contributed by atoms with E-state index in [0.717, 1.165) is 17.7 Å². The molecule has 2 nitrogen and oxygen atoms in total. The van der Waals surface area contributed by atoms with Crippen molar-refractivity contribution in [3.05, 3.63) is 76.4 Å². The highest BCUT2D eigenvalue weighted by Crippen LogP contribution is 2.30. The Kier molecular flexibility index (Phi) is 4.65. The number of alkyl halides is 3. The molecule has 0 heterocycles. The van der Waals surface area contributed by atoms with E-state index in [1.165, 1.54) is 18.2 Å². The summed E-state index contributed by atoms with van der Waals surface area (Å²) in [6.07, 6.45) is -3.31. The molecule has 0 aliphatic carbocycles. The highest BCUT2D eigenvalue weighted by molar-refractivity contribution is 6.14. The fourth-order valence-electron chi connectivity index (χ4n) is 2.06. The summed E-state index contributed by atoms with van der Waals surface area (Å²) in [5.74, 6) is -0.520. The summed E-state index contributed by atoms with van der Waals surface area (Å²) in [5, 5.41) is 9.16. The summed E-state index contributed by atoms with van der Waals surface area (Å²) in [7, 11) is 0. The van der Waals surface area contributed by atoms with Crippen LogP contribution in [-0.2, 0) is 6.18 Å². The molecule has 2 aromatic carbocycles. The number of allylic oxidation sites excluding steroid dienone is 1. The number of hydrogen-bond donors (Lipinski definition) is 0. The summed E-state index contributed by atoms with van der Waals surface area (Å²) in [5.41, 5.74) is 0.288. The SMILES string of the molecule is Cc1cccc(C(=O)/C(C#N)=C/c2cccc(C(F)(F)F)c2)c1. The van der Waals surface area contributed by atoms with Crippen molar-refractivity contribution < 1.29 is 18.0 Å². The van der Waals surface area contributed by atoms with E-state index in [0.29, 0.717) is 5.56 Å². The van der Waals surface area contributed by atoms with Crippen molar-refractivity contribution in [1.29, 1.82) is 5.26 Å². The Morgan fingerprint density at radius 3 is 2.43 bits per heavy atom. The molecule has 116 valence electrons. The summed E-state index contributed by atoms with van der Waals surface area (Å²) in [4.78, 5) is 12.3. The minimum Gasteiger partial charge on any atom is -0.288 e. The molecule has 2 aromatic rings. The van der Waals surface area contributed by atoms with Crippen LogP contribution in [0.4, 0.5) is 13.2 Å². The summed E-state index contributed by atoms with van der Waals surface area (Å²) >= 11 is 0. The number of carbonyl (C=O) groups is 1. The molecule has 0 saturated heterocycles. The number of carbonyl (C=O) groups excluding carboxylic acids is 1. The van der Waals surface area contributed by atoms with Gasteiger partial charge in [-0.05, 0) is 36.8 Å². The fourth-order valence-corrected chi connectivity index (χ4v) is 2.06. The lowest BCUT2D eigenvalue weighted by Gasteiger charge is -2.07. The number of hydrogen-bond acceptors (Lipinski definition) is 2. The molecule has 2 rings (SSSR count). The molecule has 0 unspecified atom stereocenters. The predicted octanol–water partition coefficient (Wildman–Crippen LogP) is 4.80. The highest BCUT2D eigenvalue weighted by Gasteiger charge is 2.30. The monoisotopic (exact) mass is 315 g/mol. The number of ketones is 1. The van der Waals surface area contributed by atoms with Gasteiger partial charge in [0.05, 0.1) is 5.56 Å². The Hall–Kier alpha value is -2.87. The number of nitrogens with zero attached hydrogens (tertiary/aromatic N) is 1.